The predicted octanol–water partition coefficient (Wildman–Crippen LogP) is 10.5. The van der Waals surface area contributed by atoms with Crippen LogP contribution in [0.15, 0.2) is 0 Å². The fourth-order valence-electron chi connectivity index (χ4n) is 4.55. The van der Waals surface area contributed by atoms with Gasteiger partial charge in [0.05, 0.1) is 0 Å². The molecule has 1 saturated carbocycles. The molecule has 1 fully saturated rings. The van der Waals surface area contributed by atoms with Gasteiger partial charge in [0.1, 0.15) is 0 Å². The summed E-state index contributed by atoms with van der Waals surface area (Å²) < 4.78 is 456. The van der Waals surface area contributed by atoms with E-state index in [1.54, 1.807) is 0 Å². The number of hydrogen-bond donors (Lipinski definition) is 2. The first-order valence-corrected chi connectivity index (χ1v) is 14.5. The lowest BCUT2D eigenvalue weighted by molar-refractivity contribution is -0.459. The van der Waals surface area contributed by atoms with Crippen molar-refractivity contribution in [1.29, 1.82) is 0 Å². The van der Waals surface area contributed by atoms with Crippen LogP contribution in [0.3, 0.4) is 0 Å². The Labute approximate surface area is 315 Å². The Morgan fingerprint density at radius 2 is 0.403 bits per heavy atom. The van der Waals surface area contributed by atoms with E-state index in [1.165, 1.54) is 0 Å². The summed E-state index contributed by atoms with van der Waals surface area (Å²) in [5.74, 6) is -130. The first-order chi connectivity index (χ1) is 26.5. The molecule has 62 heavy (non-hydrogen) atoms. The van der Waals surface area contributed by atoms with Gasteiger partial charge in [-0.25, -0.2) is 0 Å². The zero-order valence-corrected chi connectivity index (χ0v) is 27.7. The molecule has 38 heteroatoms. The van der Waals surface area contributed by atoms with Crippen molar-refractivity contribution < 1.29 is 159 Å². The molecule has 1 aliphatic rings. The fraction of sp³-hybridized carbons (Fsp3) is 0.917. The summed E-state index contributed by atoms with van der Waals surface area (Å²) in [6, 6.07) is -4.99. The molecule has 0 atom stereocenters. The number of rotatable bonds is 16. The van der Waals surface area contributed by atoms with Gasteiger partial charge in [0.2, 0.25) is 0 Å². The standard InChI is InChI=1S/C24H12F34N2O2/c25-9(26,11(29,30)13(33,34)15(37,38)17(41,42)19(45,46)21(49,50)23(53,54)55)7(61)59-5-1-2-6(4-3-5)60-8(62)10(27,28)12(31,32)14(35,36)16(39,40)18(43,44)20(47,48)22(51,52)24(56,57)58/h5-6H,1-4H2,(H,59,61)(H,60,62). The van der Waals surface area contributed by atoms with Gasteiger partial charge in [-0.05, 0) is 25.7 Å². The van der Waals surface area contributed by atoms with E-state index in [9.17, 15) is 159 Å². The van der Waals surface area contributed by atoms with Crippen molar-refractivity contribution in [3.63, 3.8) is 0 Å². The zero-order chi connectivity index (χ0) is 50.6. The quantitative estimate of drug-likeness (QED) is 0.151. The zero-order valence-electron chi connectivity index (χ0n) is 27.7. The second-order valence-corrected chi connectivity index (χ2v) is 12.5. The largest absolute Gasteiger partial charge is 0.460 e. The van der Waals surface area contributed by atoms with Crippen molar-refractivity contribution in [3.8, 4) is 0 Å². The van der Waals surface area contributed by atoms with E-state index < -0.39 is 145 Å². The Balaban J connectivity index is 3.32. The van der Waals surface area contributed by atoms with Gasteiger partial charge >= 0.3 is 95.3 Å². The van der Waals surface area contributed by atoms with Crippen molar-refractivity contribution in [2.24, 2.45) is 0 Å². The highest BCUT2D eigenvalue weighted by atomic mass is 19.4. The van der Waals surface area contributed by atoms with Crippen molar-refractivity contribution in [1.82, 2.24) is 10.6 Å². The molecule has 368 valence electrons. The maximum atomic E-state index is 14.2. The maximum Gasteiger partial charge on any atom is 0.460 e. The highest BCUT2D eigenvalue weighted by Gasteiger charge is 2.97. The van der Waals surface area contributed by atoms with Crippen LogP contribution in [0.25, 0.3) is 0 Å². The van der Waals surface area contributed by atoms with Crippen LogP contribution in [-0.4, -0.2) is 119 Å². The number of nitrogens with one attached hydrogen (secondary N) is 2. The molecule has 2 amide bonds. The molecule has 0 aromatic rings. The number of halogens is 34. The first-order valence-electron chi connectivity index (χ1n) is 14.5. The summed E-state index contributed by atoms with van der Waals surface area (Å²) in [5, 5.41) is 0.884. The summed E-state index contributed by atoms with van der Waals surface area (Å²) in [6.07, 6.45) is -22.2. The molecule has 0 aromatic carbocycles. The number of carbonyl (C=O) groups is 2. The highest BCUT2D eigenvalue weighted by molar-refractivity contribution is 5.86. The molecule has 4 nitrogen and oxygen atoms in total. The third kappa shape index (κ3) is 7.50. The van der Waals surface area contributed by atoms with Gasteiger partial charge in [0.25, 0.3) is 11.8 Å². The van der Waals surface area contributed by atoms with Gasteiger partial charge in [-0.1, -0.05) is 0 Å². The minimum Gasteiger partial charge on any atom is -0.348 e. The number of carbonyl (C=O) groups excluding carboxylic acids is 2. The summed E-state index contributed by atoms with van der Waals surface area (Å²) in [5.41, 5.74) is 0. The minimum atomic E-state index is -9.12. The predicted molar refractivity (Wildman–Crippen MR) is 124 cm³/mol. The van der Waals surface area contributed by atoms with Gasteiger partial charge < -0.3 is 10.6 Å². The van der Waals surface area contributed by atoms with Gasteiger partial charge in [-0.2, -0.15) is 149 Å². The molecule has 0 radical (unpaired) electrons. The van der Waals surface area contributed by atoms with Crippen LogP contribution < -0.4 is 10.6 Å². The monoisotopic (exact) mass is 1010 g/mol. The van der Waals surface area contributed by atoms with E-state index in [1.807, 2.05) is 0 Å². The second kappa shape index (κ2) is 15.1. The maximum absolute atomic E-state index is 14.2. The van der Waals surface area contributed by atoms with Gasteiger partial charge in [-0.3, -0.25) is 9.59 Å². The first kappa shape index (κ1) is 56.6. The topological polar surface area (TPSA) is 58.2 Å². The van der Waals surface area contributed by atoms with E-state index in [4.69, 9.17) is 0 Å². The smallest absolute Gasteiger partial charge is 0.348 e. The minimum absolute atomic E-state index is 0.442. The van der Waals surface area contributed by atoms with E-state index in [0.29, 0.717) is 10.6 Å². The molecule has 0 aliphatic heterocycles. The molecule has 0 saturated heterocycles. The van der Waals surface area contributed by atoms with Crippen molar-refractivity contribution in [2.75, 3.05) is 0 Å². The van der Waals surface area contributed by atoms with E-state index in [2.05, 4.69) is 0 Å². The van der Waals surface area contributed by atoms with E-state index in [-0.39, 0.29) is 0 Å². The second-order valence-electron chi connectivity index (χ2n) is 12.5. The normalized spacial score (nSPS) is 20.0. The Morgan fingerprint density at radius 1 is 0.258 bits per heavy atom. The lowest BCUT2D eigenvalue weighted by Gasteiger charge is -2.42. The molecule has 1 aliphatic carbocycles. The summed E-state index contributed by atoms with van der Waals surface area (Å²) in [4.78, 5) is 23.4. The van der Waals surface area contributed by atoms with Crippen molar-refractivity contribution in [2.45, 2.75) is 133 Å². The van der Waals surface area contributed by atoms with Gasteiger partial charge in [-0.15, -0.1) is 0 Å². The lowest BCUT2D eigenvalue weighted by Crippen LogP contribution is -2.75. The van der Waals surface area contributed by atoms with Crippen LogP contribution in [0.1, 0.15) is 25.7 Å². The van der Waals surface area contributed by atoms with Gasteiger partial charge in [0, 0.05) is 12.1 Å². The average molecular weight is 1010 g/mol. The molecule has 1 rings (SSSR count). The molecule has 0 bridgehead atoms. The van der Waals surface area contributed by atoms with Crippen LogP contribution in [-0.2, 0) is 9.59 Å². The average Bonchev–Trinajstić information content (AvgIpc) is 3.06. The summed E-state index contributed by atoms with van der Waals surface area (Å²) in [7, 11) is 0. The molecule has 0 heterocycles. The van der Waals surface area contributed by atoms with Crippen LogP contribution >= 0.6 is 0 Å². The number of amides is 2. The summed E-state index contributed by atoms with van der Waals surface area (Å²) >= 11 is 0. The molecule has 0 spiro atoms. The van der Waals surface area contributed by atoms with E-state index >= 15 is 0 Å². The van der Waals surface area contributed by atoms with Crippen molar-refractivity contribution >= 4 is 11.8 Å². The molecular formula is C24H12F34N2O2. The van der Waals surface area contributed by atoms with Crippen LogP contribution in [0.4, 0.5) is 149 Å². The Kier molecular flexibility index (Phi) is 13.7. The van der Waals surface area contributed by atoms with Gasteiger partial charge in [0.15, 0.2) is 0 Å². The number of alkyl halides is 34. The molecule has 2 N–H and O–H groups in total. The van der Waals surface area contributed by atoms with Crippen molar-refractivity contribution in [3.05, 3.63) is 0 Å². The van der Waals surface area contributed by atoms with Crippen LogP contribution in [0, 0.1) is 0 Å². The van der Waals surface area contributed by atoms with E-state index in [0.717, 1.165) is 0 Å². The third-order valence-corrected chi connectivity index (χ3v) is 8.41. The lowest BCUT2D eigenvalue weighted by atomic mass is 9.87. The fourth-order valence-corrected chi connectivity index (χ4v) is 4.55. The van der Waals surface area contributed by atoms with Crippen LogP contribution in [0.5, 0.6) is 0 Å². The molecule has 0 aromatic heterocycles. The SMILES string of the molecule is O=C(NC1CCC(NC(=O)C(F)(F)C(F)(F)C(F)(F)C(F)(F)C(F)(F)C(F)(F)C(F)(F)C(F)(F)F)CC1)C(F)(F)C(F)(F)C(F)(F)C(F)(F)C(F)(F)C(F)(F)C(F)(F)C(F)(F)F. The third-order valence-electron chi connectivity index (χ3n) is 8.41. The molecule has 0 unspecified atom stereocenters. The Morgan fingerprint density at radius 3 is 0.565 bits per heavy atom. The molecular weight excluding hydrogens is 994 g/mol. The number of hydrogen-bond acceptors (Lipinski definition) is 2. The van der Waals surface area contributed by atoms with Crippen LogP contribution in [0.2, 0.25) is 0 Å². The Hall–Kier alpha value is -3.44. The highest BCUT2D eigenvalue weighted by Crippen LogP contribution is 2.66. The summed E-state index contributed by atoms with van der Waals surface area (Å²) in [6.45, 7) is 0. The Bertz CT molecular complexity index is 1530.